The highest BCUT2D eigenvalue weighted by atomic mass is 32.2. The van der Waals surface area contributed by atoms with Gasteiger partial charge in [-0.1, -0.05) is 12.1 Å². The van der Waals surface area contributed by atoms with E-state index in [-0.39, 0.29) is 4.90 Å². The van der Waals surface area contributed by atoms with E-state index in [9.17, 15) is 13.2 Å². The average molecular weight is 227 g/mol. The zero-order valence-corrected chi connectivity index (χ0v) is 9.68. The molecule has 1 aromatic carbocycles. The zero-order valence-electron chi connectivity index (χ0n) is 8.87. The first-order valence-electron chi connectivity index (χ1n) is 4.43. The van der Waals surface area contributed by atoms with Crippen molar-refractivity contribution < 1.29 is 13.2 Å². The van der Waals surface area contributed by atoms with E-state index in [2.05, 4.69) is 0 Å². The van der Waals surface area contributed by atoms with Gasteiger partial charge in [-0.2, -0.15) is 0 Å². The molecule has 1 N–H and O–H groups in total. The van der Waals surface area contributed by atoms with Crippen molar-refractivity contribution in [2.75, 3.05) is 0 Å². The van der Waals surface area contributed by atoms with Crippen molar-refractivity contribution in [2.24, 2.45) is 0 Å². The first kappa shape index (κ1) is 11.7. The van der Waals surface area contributed by atoms with Gasteiger partial charge >= 0.3 is 0 Å². The summed E-state index contributed by atoms with van der Waals surface area (Å²) >= 11 is 0. The lowest BCUT2D eigenvalue weighted by Crippen LogP contribution is -2.28. The number of aryl methyl sites for hydroxylation is 2. The van der Waals surface area contributed by atoms with Crippen LogP contribution in [0.2, 0.25) is 0 Å². The van der Waals surface area contributed by atoms with E-state index >= 15 is 0 Å². The van der Waals surface area contributed by atoms with Crippen molar-refractivity contribution in [3.05, 3.63) is 29.3 Å². The van der Waals surface area contributed by atoms with E-state index in [1.165, 1.54) is 6.92 Å². The molecule has 1 rings (SSSR count). The van der Waals surface area contributed by atoms with Gasteiger partial charge in [0.1, 0.15) is 0 Å². The van der Waals surface area contributed by atoms with Crippen LogP contribution in [0.1, 0.15) is 18.1 Å². The first-order valence-corrected chi connectivity index (χ1v) is 5.92. The minimum atomic E-state index is -3.71. The molecule has 1 aromatic rings. The number of hydrogen-bond acceptors (Lipinski definition) is 3. The number of benzene rings is 1. The molecule has 0 saturated heterocycles. The van der Waals surface area contributed by atoms with Crippen molar-refractivity contribution in [2.45, 2.75) is 25.7 Å². The molecule has 1 amide bonds. The number of nitrogens with one attached hydrogen (secondary N) is 1. The Balaban J connectivity index is 3.26. The minimum absolute atomic E-state index is 0.151. The van der Waals surface area contributed by atoms with Crippen LogP contribution >= 0.6 is 0 Å². The molecular formula is C10H13NO3S. The van der Waals surface area contributed by atoms with Gasteiger partial charge in [0.15, 0.2) is 0 Å². The zero-order chi connectivity index (χ0) is 11.6. The van der Waals surface area contributed by atoms with Gasteiger partial charge < -0.3 is 0 Å². The van der Waals surface area contributed by atoms with Gasteiger partial charge in [-0.15, -0.1) is 0 Å². The maximum atomic E-state index is 11.7. The molecule has 0 saturated carbocycles. The van der Waals surface area contributed by atoms with E-state index in [4.69, 9.17) is 0 Å². The molecule has 4 nitrogen and oxygen atoms in total. The number of sulfonamides is 1. The maximum Gasteiger partial charge on any atom is 0.264 e. The van der Waals surface area contributed by atoms with Crippen molar-refractivity contribution in [3.8, 4) is 0 Å². The quantitative estimate of drug-likeness (QED) is 0.823. The summed E-state index contributed by atoms with van der Waals surface area (Å²) in [6, 6.07) is 5.08. The van der Waals surface area contributed by atoms with E-state index in [0.29, 0.717) is 5.56 Å². The Morgan fingerprint density at radius 2 is 1.87 bits per heavy atom. The van der Waals surface area contributed by atoms with Crippen LogP contribution in [0.5, 0.6) is 0 Å². The Labute approximate surface area is 89.4 Å². The number of carbonyl (C=O) groups is 1. The molecule has 0 heterocycles. The van der Waals surface area contributed by atoms with Crippen molar-refractivity contribution in [3.63, 3.8) is 0 Å². The Morgan fingerprint density at radius 1 is 1.27 bits per heavy atom. The second-order valence-corrected chi connectivity index (χ2v) is 5.08. The van der Waals surface area contributed by atoms with Gasteiger partial charge in [0.2, 0.25) is 5.91 Å². The molecule has 5 heteroatoms. The van der Waals surface area contributed by atoms with E-state index in [0.717, 1.165) is 5.56 Å². The lowest BCUT2D eigenvalue weighted by Gasteiger charge is -2.08. The average Bonchev–Trinajstić information content (AvgIpc) is 2.06. The SMILES string of the molecule is CC(=O)NS(=O)(=O)c1cc(C)ccc1C. The van der Waals surface area contributed by atoms with Gasteiger partial charge in [0.05, 0.1) is 4.90 Å². The standard InChI is InChI=1S/C10H13NO3S/c1-7-4-5-8(2)10(6-7)15(13,14)11-9(3)12/h4-6H,1-3H3,(H,11,12). The second kappa shape index (κ2) is 4.02. The minimum Gasteiger partial charge on any atom is -0.274 e. The smallest absolute Gasteiger partial charge is 0.264 e. The predicted molar refractivity (Wildman–Crippen MR) is 56.9 cm³/mol. The van der Waals surface area contributed by atoms with Crippen LogP contribution < -0.4 is 4.72 Å². The van der Waals surface area contributed by atoms with Crippen LogP contribution in [0.3, 0.4) is 0 Å². The molecule has 82 valence electrons. The summed E-state index contributed by atoms with van der Waals surface area (Å²) in [6.07, 6.45) is 0. The molecule has 0 radical (unpaired) electrons. The molecule has 0 fully saturated rings. The highest BCUT2D eigenvalue weighted by Gasteiger charge is 2.17. The molecular weight excluding hydrogens is 214 g/mol. The van der Waals surface area contributed by atoms with Gasteiger partial charge in [-0.25, -0.2) is 13.1 Å². The highest BCUT2D eigenvalue weighted by molar-refractivity contribution is 7.90. The topological polar surface area (TPSA) is 63.2 Å². The Hall–Kier alpha value is -1.36. The van der Waals surface area contributed by atoms with E-state index in [1.54, 1.807) is 26.0 Å². The third-order valence-electron chi connectivity index (χ3n) is 1.91. The van der Waals surface area contributed by atoms with Gasteiger partial charge in [-0.3, -0.25) is 4.79 Å². The van der Waals surface area contributed by atoms with E-state index < -0.39 is 15.9 Å². The predicted octanol–water partition coefficient (Wildman–Crippen LogP) is 1.13. The van der Waals surface area contributed by atoms with Crippen LogP contribution in [-0.2, 0) is 14.8 Å². The summed E-state index contributed by atoms with van der Waals surface area (Å²) in [4.78, 5) is 10.9. The molecule has 0 atom stereocenters. The third-order valence-corrected chi connectivity index (χ3v) is 3.49. The molecule has 0 aromatic heterocycles. The maximum absolute atomic E-state index is 11.7. The first-order chi connectivity index (χ1) is 6.83. The number of hydrogen-bond donors (Lipinski definition) is 1. The number of carbonyl (C=O) groups excluding carboxylic acids is 1. The summed E-state index contributed by atoms with van der Waals surface area (Å²) in [5, 5.41) is 0. The van der Waals surface area contributed by atoms with Crippen molar-refractivity contribution in [1.82, 2.24) is 4.72 Å². The summed E-state index contributed by atoms with van der Waals surface area (Å²) < 4.78 is 25.3. The molecule has 0 unspecified atom stereocenters. The fourth-order valence-corrected chi connectivity index (χ4v) is 2.56. The monoisotopic (exact) mass is 227 g/mol. The van der Waals surface area contributed by atoms with Gasteiger partial charge in [0, 0.05) is 6.92 Å². The fourth-order valence-electron chi connectivity index (χ4n) is 1.24. The van der Waals surface area contributed by atoms with Gasteiger partial charge in [0.25, 0.3) is 10.0 Å². The van der Waals surface area contributed by atoms with Crippen LogP contribution in [0.4, 0.5) is 0 Å². The highest BCUT2D eigenvalue weighted by Crippen LogP contribution is 2.16. The molecule has 0 aliphatic carbocycles. The van der Waals surface area contributed by atoms with Crippen molar-refractivity contribution in [1.29, 1.82) is 0 Å². The van der Waals surface area contributed by atoms with Crippen LogP contribution in [0.25, 0.3) is 0 Å². The Bertz CT molecular complexity index is 491. The molecule has 0 bridgehead atoms. The lowest BCUT2D eigenvalue weighted by atomic mass is 10.2. The largest absolute Gasteiger partial charge is 0.274 e. The summed E-state index contributed by atoms with van der Waals surface area (Å²) in [6.45, 7) is 4.66. The van der Waals surface area contributed by atoms with E-state index in [1.807, 2.05) is 10.8 Å². The summed E-state index contributed by atoms with van der Waals surface area (Å²) in [5.41, 5.74) is 1.46. The number of amides is 1. The van der Waals surface area contributed by atoms with Gasteiger partial charge in [-0.05, 0) is 31.0 Å². The number of rotatable bonds is 2. The fraction of sp³-hybridized carbons (Fsp3) is 0.300. The third kappa shape index (κ3) is 2.79. The Morgan fingerprint density at radius 3 is 2.40 bits per heavy atom. The van der Waals surface area contributed by atoms with Crippen LogP contribution in [0.15, 0.2) is 23.1 Å². The summed E-state index contributed by atoms with van der Waals surface area (Å²) in [5.74, 6) is -0.587. The van der Waals surface area contributed by atoms with Crippen molar-refractivity contribution >= 4 is 15.9 Å². The summed E-state index contributed by atoms with van der Waals surface area (Å²) in [7, 11) is -3.71. The van der Waals surface area contributed by atoms with Crippen LogP contribution in [0, 0.1) is 13.8 Å². The molecule has 0 spiro atoms. The molecule has 0 aliphatic rings. The lowest BCUT2D eigenvalue weighted by molar-refractivity contribution is -0.117. The normalized spacial score (nSPS) is 11.1. The van der Waals surface area contributed by atoms with Crippen LogP contribution in [-0.4, -0.2) is 14.3 Å². The molecule has 15 heavy (non-hydrogen) atoms. The second-order valence-electron chi connectivity index (χ2n) is 3.43. The molecule has 0 aliphatic heterocycles. The Kier molecular flexibility index (Phi) is 3.14.